The molecule has 0 aliphatic heterocycles. The highest BCUT2D eigenvalue weighted by Crippen LogP contribution is 2.13. The predicted octanol–water partition coefficient (Wildman–Crippen LogP) is 5.28. The number of carbonyl (C=O) groups is 4. The molecule has 300 valence electrons. The van der Waals surface area contributed by atoms with Gasteiger partial charge >= 0.3 is 23.9 Å². The molecule has 4 aromatic rings. The minimum atomic E-state index is -1.67. The monoisotopic (exact) mass is 776 g/mol. The van der Waals surface area contributed by atoms with E-state index in [4.69, 9.17) is 28.4 Å². The van der Waals surface area contributed by atoms with Gasteiger partial charge in [-0.05, 0) is 61.1 Å². The van der Waals surface area contributed by atoms with Crippen LogP contribution in [0.25, 0.3) is 0 Å². The third-order valence-corrected chi connectivity index (χ3v) is 7.81. The first kappa shape index (κ1) is 44.6. The Morgan fingerprint density at radius 3 is 0.929 bits per heavy atom. The number of benzene rings is 4. The first-order valence-corrected chi connectivity index (χ1v) is 18.0. The van der Waals surface area contributed by atoms with Crippen LogP contribution < -0.4 is 9.47 Å². The fourth-order valence-electron chi connectivity index (χ4n) is 5.12. The lowest BCUT2D eigenvalue weighted by molar-refractivity contribution is -0.177. The molecule has 4 aromatic carbocycles. The first-order chi connectivity index (χ1) is 27.2. The summed E-state index contributed by atoms with van der Waals surface area (Å²) >= 11 is 0. The molecule has 0 fully saturated rings. The van der Waals surface area contributed by atoms with Gasteiger partial charge in [0.15, 0.2) is 24.4 Å². The number of rotatable bonds is 26. The number of carboxylic acid groups (broad SMARTS) is 4. The van der Waals surface area contributed by atoms with Gasteiger partial charge in [0, 0.05) is 13.2 Å². The maximum Gasteiger partial charge on any atom is 0.336 e. The normalized spacial score (nSPS) is 12.9. The summed E-state index contributed by atoms with van der Waals surface area (Å²) in [5, 5.41) is 37.4. The van der Waals surface area contributed by atoms with Crippen molar-refractivity contribution in [1.29, 1.82) is 0 Å². The maximum atomic E-state index is 11.5. The van der Waals surface area contributed by atoms with Crippen molar-refractivity contribution in [3.05, 3.63) is 132 Å². The molecule has 0 unspecified atom stereocenters. The van der Waals surface area contributed by atoms with E-state index in [1.54, 1.807) is 48.5 Å². The number of aryl methyl sites for hydroxylation is 2. The van der Waals surface area contributed by atoms with Gasteiger partial charge in [-0.1, -0.05) is 97.1 Å². The molecule has 4 rings (SSSR count). The summed E-state index contributed by atoms with van der Waals surface area (Å²) in [5.74, 6) is -4.35. The maximum absolute atomic E-state index is 11.5. The molecule has 0 heterocycles. The van der Waals surface area contributed by atoms with Crippen LogP contribution in [0.5, 0.6) is 11.5 Å². The lowest BCUT2D eigenvalue weighted by atomic mass is 10.1. The van der Waals surface area contributed by atoms with Crippen LogP contribution in [0, 0.1) is 0 Å². The smallest absolute Gasteiger partial charge is 0.336 e. The highest BCUT2D eigenvalue weighted by molar-refractivity contribution is 5.84. The Morgan fingerprint density at radius 2 is 0.643 bits per heavy atom. The van der Waals surface area contributed by atoms with E-state index in [0.29, 0.717) is 24.3 Å². The lowest BCUT2D eigenvalue weighted by Crippen LogP contribution is -2.44. The Balaban J connectivity index is 0.000000300. The Kier molecular flexibility index (Phi) is 20.8. The number of carboxylic acids is 4. The van der Waals surface area contributed by atoms with Gasteiger partial charge in [-0.2, -0.15) is 0 Å². The highest BCUT2D eigenvalue weighted by atomic mass is 16.6. The molecule has 0 aliphatic carbocycles. The first-order valence-electron chi connectivity index (χ1n) is 18.0. The van der Waals surface area contributed by atoms with E-state index in [-0.39, 0.29) is 39.6 Å². The van der Waals surface area contributed by atoms with Crippen molar-refractivity contribution in [2.75, 3.05) is 39.6 Å². The number of hydrogen-bond acceptors (Lipinski definition) is 10. The second-order valence-corrected chi connectivity index (χ2v) is 12.0. The molecular formula is C42H48O14. The Labute approximate surface area is 325 Å². The average Bonchev–Trinajstić information content (AvgIpc) is 3.20. The molecular weight excluding hydrogens is 728 g/mol. The van der Waals surface area contributed by atoms with Crippen molar-refractivity contribution in [3.8, 4) is 11.5 Å². The Hall–Kier alpha value is -5.80. The molecule has 14 nitrogen and oxygen atoms in total. The SMILES string of the molecule is O=C(O)[C@H](OCCCc1ccccc1)[C@@H](OCCCc1ccccc1)C(=O)O.O=C(O)[C@H](OCCOc1ccccc1)[C@@H](OCCOc1ccccc1)C(=O)O. The molecule has 4 N–H and O–H groups in total. The fourth-order valence-corrected chi connectivity index (χ4v) is 5.12. The van der Waals surface area contributed by atoms with E-state index in [0.717, 1.165) is 24.0 Å². The second-order valence-electron chi connectivity index (χ2n) is 12.0. The van der Waals surface area contributed by atoms with Crippen LogP contribution in [0.3, 0.4) is 0 Å². The zero-order valence-corrected chi connectivity index (χ0v) is 30.8. The van der Waals surface area contributed by atoms with E-state index >= 15 is 0 Å². The number of hydrogen-bond donors (Lipinski definition) is 4. The van der Waals surface area contributed by atoms with Crippen molar-refractivity contribution >= 4 is 23.9 Å². The summed E-state index contributed by atoms with van der Waals surface area (Å²) in [6.45, 7) is 0.194. The molecule has 0 amide bonds. The molecule has 0 bridgehead atoms. The quantitative estimate of drug-likeness (QED) is 0.0600. The van der Waals surface area contributed by atoms with Crippen LogP contribution in [-0.2, 0) is 51.0 Å². The molecule has 0 saturated carbocycles. The van der Waals surface area contributed by atoms with Crippen molar-refractivity contribution in [3.63, 3.8) is 0 Å². The summed E-state index contributed by atoms with van der Waals surface area (Å²) in [6, 6.07) is 37.3. The van der Waals surface area contributed by atoms with Crippen molar-refractivity contribution in [2.45, 2.75) is 50.1 Å². The van der Waals surface area contributed by atoms with Crippen LogP contribution in [0.1, 0.15) is 24.0 Å². The zero-order chi connectivity index (χ0) is 40.4. The number of aliphatic carboxylic acids is 4. The van der Waals surface area contributed by atoms with E-state index in [9.17, 15) is 39.6 Å². The largest absolute Gasteiger partial charge is 0.491 e. The van der Waals surface area contributed by atoms with E-state index in [1.807, 2.05) is 72.8 Å². The second kappa shape index (κ2) is 26.1. The molecule has 0 radical (unpaired) electrons. The Morgan fingerprint density at radius 1 is 0.375 bits per heavy atom. The topological polar surface area (TPSA) is 205 Å². The van der Waals surface area contributed by atoms with Crippen LogP contribution >= 0.6 is 0 Å². The molecule has 56 heavy (non-hydrogen) atoms. The van der Waals surface area contributed by atoms with Crippen molar-refractivity contribution < 1.29 is 68.0 Å². The minimum Gasteiger partial charge on any atom is -0.491 e. The molecule has 0 spiro atoms. The molecule has 4 atom stereocenters. The van der Waals surface area contributed by atoms with E-state index in [1.165, 1.54) is 0 Å². The molecule has 14 heteroatoms. The summed E-state index contributed by atoms with van der Waals surface area (Å²) in [6.07, 6.45) is -3.79. The van der Waals surface area contributed by atoms with Gasteiger partial charge in [0.1, 0.15) is 24.7 Å². The van der Waals surface area contributed by atoms with Crippen LogP contribution in [0.4, 0.5) is 0 Å². The molecule has 0 saturated heterocycles. The van der Waals surface area contributed by atoms with Crippen LogP contribution in [0.2, 0.25) is 0 Å². The van der Waals surface area contributed by atoms with Gasteiger partial charge in [0.25, 0.3) is 0 Å². The van der Waals surface area contributed by atoms with Gasteiger partial charge < -0.3 is 48.8 Å². The third-order valence-electron chi connectivity index (χ3n) is 7.81. The summed E-state index contributed by atoms with van der Waals surface area (Å²) in [4.78, 5) is 45.8. The summed E-state index contributed by atoms with van der Waals surface area (Å²) < 4.78 is 31.9. The van der Waals surface area contributed by atoms with Gasteiger partial charge in [-0.3, -0.25) is 0 Å². The van der Waals surface area contributed by atoms with Crippen LogP contribution in [-0.4, -0.2) is 108 Å². The molecule has 0 aromatic heterocycles. The standard InChI is InChI=1S/C22H26O6.C20H22O8/c23-21(24)19(27-15-7-13-17-9-3-1-4-10-17)20(22(25)26)28-16-8-14-18-11-5-2-6-12-18;21-19(22)17(27-13-11-25-15-7-3-1-4-8-15)18(20(23)24)28-14-12-26-16-9-5-2-6-10-16/h1-6,9-12,19-20H,7-8,13-16H2,(H,23,24)(H,25,26);1-10,17-18H,11-14H2,(H,21,22)(H,23,24)/t19-,20-;17-,18-/m11/s1. The number of para-hydroxylation sites is 2. The van der Waals surface area contributed by atoms with E-state index in [2.05, 4.69) is 0 Å². The highest BCUT2D eigenvalue weighted by Gasteiger charge is 2.36. The average molecular weight is 777 g/mol. The van der Waals surface area contributed by atoms with Crippen LogP contribution in [0.15, 0.2) is 121 Å². The fraction of sp³-hybridized carbons (Fsp3) is 0.333. The third kappa shape index (κ3) is 17.6. The summed E-state index contributed by atoms with van der Waals surface area (Å²) in [7, 11) is 0. The van der Waals surface area contributed by atoms with Gasteiger partial charge in [-0.15, -0.1) is 0 Å². The van der Waals surface area contributed by atoms with Crippen molar-refractivity contribution in [2.24, 2.45) is 0 Å². The molecule has 0 aliphatic rings. The van der Waals surface area contributed by atoms with Gasteiger partial charge in [0.2, 0.25) is 0 Å². The van der Waals surface area contributed by atoms with Crippen molar-refractivity contribution in [1.82, 2.24) is 0 Å². The minimum absolute atomic E-state index is 0.0667. The van der Waals surface area contributed by atoms with Gasteiger partial charge in [-0.25, -0.2) is 19.2 Å². The number of ether oxygens (including phenoxy) is 6. The lowest BCUT2D eigenvalue weighted by Gasteiger charge is -2.21. The Bertz CT molecular complexity index is 1440. The van der Waals surface area contributed by atoms with Gasteiger partial charge in [0.05, 0.1) is 13.2 Å². The predicted molar refractivity (Wildman–Crippen MR) is 203 cm³/mol. The van der Waals surface area contributed by atoms with E-state index < -0.39 is 48.3 Å². The summed E-state index contributed by atoms with van der Waals surface area (Å²) in [5.41, 5.74) is 2.23. The zero-order valence-electron chi connectivity index (χ0n) is 30.8.